The van der Waals surface area contributed by atoms with E-state index >= 15 is 0 Å². The number of nitrogens with one attached hydrogen (secondary N) is 2. The predicted octanol–water partition coefficient (Wildman–Crippen LogP) is 5.62. The van der Waals surface area contributed by atoms with Crippen LogP contribution in [0.15, 0.2) is 66.9 Å². The van der Waals surface area contributed by atoms with Crippen LogP contribution in [-0.4, -0.2) is 55.0 Å². The van der Waals surface area contributed by atoms with Gasteiger partial charge in [0.1, 0.15) is 24.5 Å². The Hall–Kier alpha value is -4.22. The highest BCUT2D eigenvalue weighted by Crippen LogP contribution is 2.35. The Balaban J connectivity index is 0.00000529. The molecule has 1 heterocycles. The van der Waals surface area contributed by atoms with E-state index in [4.69, 9.17) is 32.7 Å². The molecule has 0 aliphatic heterocycles. The Kier molecular flexibility index (Phi) is 12.5. The highest BCUT2D eigenvalue weighted by Gasteiger charge is 2.19. The molecule has 3 amide bonds. The van der Waals surface area contributed by atoms with Crippen LogP contribution in [0.2, 0.25) is 10.0 Å². The van der Waals surface area contributed by atoms with Crippen molar-refractivity contribution in [3.05, 3.63) is 93.7 Å². The van der Waals surface area contributed by atoms with Gasteiger partial charge in [0, 0.05) is 42.7 Å². The summed E-state index contributed by atoms with van der Waals surface area (Å²) in [5.74, 6) is -0.593. The second-order valence-corrected chi connectivity index (χ2v) is 10.2. The maximum absolute atomic E-state index is 12.9. The molecule has 0 fully saturated rings. The lowest BCUT2D eigenvalue weighted by atomic mass is 10.2. The monoisotopic (exact) mass is 657 g/mol. The first-order valence-electron chi connectivity index (χ1n) is 13.1. The molecule has 44 heavy (non-hydrogen) atoms. The number of hydrogen-bond acceptors (Lipinski definition) is 7. The number of carbonyl (C=O) groups excluding carboxylic acids is 3. The van der Waals surface area contributed by atoms with Crippen molar-refractivity contribution in [2.75, 3.05) is 37.5 Å². The molecule has 0 aliphatic rings. The summed E-state index contributed by atoms with van der Waals surface area (Å²) in [6, 6.07) is 15.6. The Labute approximate surface area is 270 Å². The van der Waals surface area contributed by atoms with Crippen LogP contribution in [0.1, 0.15) is 16.8 Å². The number of benzene rings is 3. The Bertz CT molecular complexity index is 1680. The number of fused-ring (bicyclic) bond motifs is 1. The smallest absolute Gasteiger partial charge is 0.250 e. The topological polar surface area (TPSA) is 123 Å². The molecule has 0 aliphatic carbocycles. The number of hydrogen-bond donors (Lipinski definition) is 2. The second-order valence-electron chi connectivity index (χ2n) is 9.39. The molecule has 0 atom stereocenters. The Morgan fingerprint density at radius 3 is 2.52 bits per heavy atom. The molecule has 0 spiro atoms. The first kappa shape index (κ1) is 34.3. The van der Waals surface area contributed by atoms with Gasteiger partial charge in [0.25, 0.3) is 0 Å². The number of amides is 3. The summed E-state index contributed by atoms with van der Waals surface area (Å²) >= 11 is 13.1. The maximum Gasteiger partial charge on any atom is 0.250 e. The van der Waals surface area contributed by atoms with Crippen LogP contribution in [0, 0.1) is 6.92 Å². The van der Waals surface area contributed by atoms with Gasteiger partial charge in [-0.3, -0.25) is 19.4 Å². The predicted molar refractivity (Wildman–Crippen MR) is 175 cm³/mol. The Morgan fingerprint density at radius 1 is 1.05 bits per heavy atom. The first-order valence-corrected chi connectivity index (χ1v) is 13.8. The molecular weight excluding hydrogens is 629 g/mol. The number of methoxy groups -OCH3 is 1. The number of aromatic nitrogens is 2. The van der Waals surface area contributed by atoms with Gasteiger partial charge in [-0.05, 0) is 55.0 Å². The third kappa shape index (κ3) is 8.90. The third-order valence-electron chi connectivity index (χ3n) is 6.24. The number of likely N-dealkylation sites (N-methyl/N-ethyl adjacent to an activating group) is 1. The van der Waals surface area contributed by atoms with Crippen LogP contribution in [0.4, 0.5) is 11.4 Å². The fourth-order valence-corrected chi connectivity index (χ4v) is 4.60. The highest BCUT2D eigenvalue weighted by molar-refractivity contribution is 6.38. The zero-order valence-corrected chi connectivity index (χ0v) is 26.4. The van der Waals surface area contributed by atoms with Crippen molar-refractivity contribution in [1.82, 2.24) is 15.3 Å². The molecule has 4 rings (SSSR count). The van der Waals surface area contributed by atoms with E-state index in [1.165, 1.54) is 18.1 Å². The normalized spacial score (nSPS) is 10.8. The van der Waals surface area contributed by atoms with Gasteiger partial charge in [-0.25, -0.2) is 4.98 Å². The maximum atomic E-state index is 12.9. The van der Waals surface area contributed by atoms with E-state index < -0.39 is 11.8 Å². The SMILES string of the molecule is COCC(=O)Nc1ccc(C=CC(=O)NCC(=O)N(C)c2ccc(Cl)c(COc3cccc4ncc(C)nc34)c2Cl)cc1.Cl. The number of para-hydroxylation sites is 1. The first-order chi connectivity index (χ1) is 20.7. The van der Waals surface area contributed by atoms with Crippen LogP contribution in [0.25, 0.3) is 17.1 Å². The van der Waals surface area contributed by atoms with Gasteiger partial charge in [-0.2, -0.15) is 0 Å². The molecule has 1 aromatic heterocycles. The van der Waals surface area contributed by atoms with E-state index in [9.17, 15) is 14.4 Å². The fourth-order valence-electron chi connectivity index (χ4n) is 3.99. The molecule has 4 aromatic rings. The van der Waals surface area contributed by atoms with E-state index in [1.54, 1.807) is 61.8 Å². The van der Waals surface area contributed by atoms with Gasteiger partial charge >= 0.3 is 0 Å². The van der Waals surface area contributed by atoms with E-state index in [-0.39, 0.29) is 43.1 Å². The number of halogens is 3. The zero-order chi connectivity index (χ0) is 30.9. The number of anilines is 2. The molecular formula is C31H30Cl3N5O5. The lowest BCUT2D eigenvalue weighted by Crippen LogP contribution is -2.37. The van der Waals surface area contributed by atoms with Crippen molar-refractivity contribution in [3.8, 4) is 5.75 Å². The molecule has 0 unspecified atom stereocenters. The average Bonchev–Trinajstić information content (AvgIpc) is 2.99. The van der Waals surface area contributed by atoms with E-state index in [0.29, 0.717) is 38.7 Å². The van der Waals surface area contributed by atoms with Crippen molar-refractivity contribution in [2.45, 2.75) is 13.5 Å². The summed E-state index contributed by atoms with van der Waals surface area (Å²) in [6.45, 7) is 1.57. The van der Waals surface area contributed by atoms with Crippen LogP contribution >= 0.6 is 35.6 Å². The minimum atomic E-state index is -0.455. The summed E-state index contributed by atoms with van der Waals surface area (Å²) in [6.07, 6.45) is 4.59. The van der Waals surface area contributed by atoms with Crippen molar-refractivity contribution >= 4 is 81.8 Å². The van der Waals surface area contributed by atoms with Gasteiger partial charge in [0.2, 0.25) is 17.7 Å². The summed E-state index contributed by atoms with van der Waals surface area (Å²) in [7, 11) is 2.99. The molecule has 0 saturated carbocycles. The largest absolute Gasteiger partial charge is 0.486 e. The summed E-state index contributed by atoms with van der Waals surface area (Å²) in [5.41, 5.74) is 4.30. The van der Waals surface area contributed by atoms with E-state index in [2.05, 4.69) is 20.6 Å². The van der Waals surface area contributed by atoms with Crippen LogP contribution in [-0.2, 0) is 25.7 Å². The summed E-state index contributed by atoms with van der Waals surface area (Å²) < 4.78 is 10.8. The van der Waals surface area contributed by atoms with Crippen molar-refractivity contribution < 1.29 is 23.9 Å². The summed E-state index contributed by atoms with van der Waals surface area (Å²) in [5, 5.41) is 5.89. The quantitative estimate of drug-likeness (QED) is 0.201. The van der Waals surface area contributed by atoms with Crippen LogP contribution < -0.4 is 20.3 Å². The molecule has 230 valence electrons. The molecule has 0 saturated heterocycles. The van der Waals surface area contributed by atoms with Crippen molar-refractivity contribution in [3.63, 3.8) is 0 Å². The third-order valence-corrected chi connectivity index (χ3v) is 7.02. The van der Waals surface area contributed by atoms with Gasteiger partial charge in [0.15, 0.2) is 0 Å². The minimum Gasteiger partial charge on any atom is -0.486 e. The average molecular weight is 659 g/mol. The molecule has 0 bridgehead atoms. The highest BCUT2D eigenvalue weighted by atomic mass is 35.5. The number of carbonyl (C=O) groups is 3. The molecule has 13 heteroatoms. The molecule has 3 aromatic carbocycles. The standard InChI is InChI=1S/C31H29Cl2N5O5.ClH/c1-19-15-34-24-5-4-6-26(31(24)36-19)43-17-22-23(32)12-13-25(30(22)33)38(2)29(41)16-35-27(39)14-9-20-7-10-21(11-8-20)37-28(40)18-42-3;/h4-15H,16-18H2,1-3H3,(H,35,39)(H,37,40);1H. The van der Waals surface area contributed by atoms with Gasteiger partial charge < -0.3 is 25.0 Å². The van der Waals surface area contributed by atoms with E-state index in [0.717, 1.165) is 11.3 Å². The Morgan fingerprint density at radius 2 is 1.80 bits per heavy atom. The number of nitrogens with zero attached hydrogens (tertiary/aromatic N) is 3. The van der Waals surface area contributed by atoms with Gasteiger partial charge in [-0.1, -0.05) is 41.4 Å². The minimum absolute atomic E-state index is 0. The number of ether oxygens (including phenoxy) is 2. The number of aryl methyl sites for hydroxylation is 1. The fraction of sp³-hybridized carbons (Fsp3) is 0.194. The van der Waals surface area contributed by atoms with Gasteiger partial charge in [0.05, 0.1) is 28.5 Å². The lowest BCUT2D eigenvalue weighted by Gasteiger charge is -2.21. The second kappa shape index (κ2) is 16.0. The summed E-state index contributed by atoms with van der Waals surface area (Å²) in [4.78, 5) is 47.1. The van der Waals surface area contributed by atoms with E-state index in [1.807, 2.05) is 19.1 Å². The molecule has 10 nitrogen and oxygen atoms in total. The molecule has 2 N–H and O–H groups in total. The van der Waals surface area contributed by atoms with Crippen LogP contribution in [0.5, 0.6) is 5.75 Å². The molecule has 0 radical (unpaired) electrons. The zero-order valence-electron chi connectivity index (χ0n) is 24.1. The lowest BCUT2D eigenvalue weighted by molar-refractivity contribution is -0.122. The van der Waals surface area contributed by atoms with Crippen LogP contribution in [0.3, 0.4) is 0 Å². The van der Waals surface area contributed by atoms with Crippen molar-refractivity contribution in [1.29, 1.82) is 0 Å². The van der Waals surface area contributed by atoms with Gasteiger partial charge in [-0.15, -0.1) is 12.4 Å². The number of rotatable bonds is 11. The van der Waals surface area contributed by atoms with Crippen molar-refractivity contribution in [2.24, 2.45) is 0 Å².